The van der Waals surface area contributed by atoms with Crippen LogP contribution < -0.4 is 5.32 Å². The lowest BCUT2D eigenvalue weighted by atomic mass is 9.86. The smallest absolute Gasteiger partial charge is 0.374 e. The molecule has 2 heterocycles. The van der Waals surface area contributed by atoms with Crippen LogP contribution in [0, 0.1) is 6.92 Å². The number of alkyl halides is 6. The molecule has 202 valence electrons. The predicted molar refractivity (Wildman–Crippen MR) is 126 cm³/mol. The second kappa shape index (κ2) is 10.1. The minimum Gasteiger partial charge on any atom is -0.374 e. The van der Waals surface area contributed by atoms with Crippen molar-refractivity contribution >= 4 is 40.8 Å². The lowest BCUT2D eigenvalue weighted by Gasteiger charge is -2.29. The van der Waals surface area contributed by atoms with Crippen molar-refractivity contribution in [1.82, 2.24) is 14.8 Å². The zero-order valence-electron chi connectivity index (χ0n) is 19.5. The third kappa shape index (κ3) is 5.17. The largest absolute Gasteiger partial charge is 0.435 e. The summed E-state index contributed by atoms with van der Waals surface area (Å²) in [6, 6.07) is 7.61. The lowest BCUT2D eigenvalue weighted by Crippen LogP contribution is -2.42. The maximum absolute atomic E-state index is 14.2. The van der Waals surface area contributed by atoms with Crippen LogP contribution in [0.4, 0.5) is 32.3 Å². The number of carbonyl (C=O) groups excluding carboxylic acids is 1. The van der Waals surface area contributed by atoms with Gasteiger partial charge in [-0.05, 0) is 48.4 Å². The van der Waals surface area contributed by atoms with E-state index in [0.717, 1.165) is 16.8 Å². The Morgan fingerprint density at radius 3 is 2.37 bits per heavy atom. The monoisotopic (exact) mass is 579 g/mol. The third-order valence-electron chi connectivity index (χ3n) is 5.81. The molecule has 1 aliphatic rings. The molecule has 0 saturated carbocycles. The summed E-state index contributed by atoms with van der Waals surface area (Å²) in [6.45, 7) is 1.52. The zero-order valence-corrected chi connectivity index (χ0v) is 21.0. The summed E-state index contributed by atoms with van der Waals surface area (Å²) in [6.07, 6.45) is -11.6. The van der Waals surface area contributed by atoms with Crippen molar-refractivity contribution in [3.63, 3.8) is 0 Å². The summed E-state index contributed by atoms with van der Waals surface area (Å²) < 4.78 is 82.4. The summed E-state index contributed by atoms with van der Waals surface area (Å²) in [7, 11) is 1.19. The molecule has 15 heteroatoms. The molecule has 1 amide bonds. The van der Waals surface area contributed by atoms with E-state index < -0.39 is 48.5 Å². The average molecular weight is 580 g/mol. The van der Waals surface area contributed by atoms with E-state index in [9.17, 15) is 31.1 Å². The van der Waals surface area contributed by atoms with E-state index in [1.807, 2.05) is 0 Å². The van der Waals surface area contributed by atoms with Gasteiger partial charge in [0.15, 0.2) is 5.82 Å². The Kier molecular flexibility index (Phi) is 7.36. The van der Waals surface area contributed by atoms with Gasteiger partial charge in [-0.1, -0.05) is 34.4 Å². The van der Waals surface area contributed by atoms with Crippen LogP contribution in [0.2, 0.25) is 10.0 Å². The maximum Gasteiger partial charge on any atom is 0.435 e. The maximum atomic E-state index is 14.2. The number of carbonyl (C=O) groups is 1. The molecule has 38 heavy (non-hydrogen) atoms. The van der Waals surface area contributed by atoms with E-state index >= 15 is 0 Å². The molecule has 1 aliphatic heterocycles. The zero-order chi connectivity index (χ0) is 28.0. The van der Waals surface area contributed by atoms with E-state index in [-0.39, 0.29) is 32.4 Å². The number of aromatic nitrogens is 3. The van der Waals surface area contributed by atoms with Crippen LogP contribution in [-0.2, 0) is 17.5 Å². The molecule has 0 aliphatic carbocycles. The van der Waals surface area contributed by atoms with Crippen LogP contribution in [0.5, 0.6) is 0 Å². The molecule has 1 N–H and O–H groups in total. The SMILES string of the molecule is Cc1cc(C2=NOC(c3cc(Cl)cc(Cl)c3)(C(F)(F)F)C2)ccc1C(=O)Nc1nc(C(F)C(F)F)n(C)n1. The highest BCUT2D eigenvalue weighted by molar-refractivity contribution is 6.34. The molecule has 1 aromatic heterocycles. The third-order valence-corrected chi connectivity index (χ3v) is 6.25. The number of nitrogens with one attached hydrogen (secondary N) is 1. The van der Waals surface area contributed by atoms with E-state index in [4.69, 9.17) is 28.0 Å². The molecule has 2 atom stereocenters. The summed E-state index contributed by atoms with van der Waals surface area (Å²) in [4.78, 5) is 21.3. The number of anilines is 1. The van der Waals surface area contributed by atoms with Crippen molar-refractivity contribution in [2.24, 2.45) is 12.2 Å². The van der Waals surface area contributed by atoms with Crippen LogP contribution in [0.1, 0.15) is 45.5 Å². The highest BCUT2D eigenvalue weighted by atomic mass is 35.5. The summed E-state index contributed by atoms with van der Waals surface area (Å²) in [5, 5.41) is 9.66. The molecule has 0 fully saturated rings. The van der Waals surface area contributed by atoms with Gasteiger partial charge >= 0.3 is 6.18 Å². The number of hydrogen-bond acceptors (Lipinski definition) is 5. The minimum atomic E-state index is -4.88. The molecule has 0 saturated heterocycles. The van der Waals surface area contributed by atoms with Crippen LogP contribution in [0.3, 0.4) is 0 Å². The Balaban J connectivity index is 1.56. The number of rotatable bonds is 6. The van der Waals surface area contributed by atoms with Gasteiger partial charge in [-0.2, -0.15) is 18.2 Å². The second-order valence-electron chi connectivity index (χ2n) is 8.43. The van der Waals surface area contributed by atoms with Gasteiger partial charge in [0.25, 0.3) is 17.9 Å². The number of hydrogen-bond donors (Lipinski definition) is 1. The van der Waals surface area contributed by atoms with Gasteiger partial charge in [0.05, 0.1) is 5.71 Å². The fourth-order valence-corrected chi connectivity index (χ4v) is 4.44. The van der Waals surface area contributed by atoms with E-state index in [2.05, 4.69) is 20.6 Å². The Hall–Kier alpha value is -3.32. The van der Waals surface area contributed by atoms with E-state index in [1.54, 1.807) is 0 Å². The first-order chi connectivity index (χ1) is 17.7. The van der Waals surface area contributed by atoms with Gasteiger partial charge < -0.3 is 4.84 Å². The molecular weight excluding hydrogens is 563 g/mol. The molecule has 4 rings (SSSR count). The van der Waals surface area contributed by atoms with Crippen molar-refractivity contribution in [1.29, 1.82) is 0 Å². The average Bonchev–Trinajstić information content (AvgIpc) is 3.42. The lowest BCUT2D eigenvalue weighted by molar-refractivity contribution is -0.275. The van der Waals surface area contributed by atoms with Crippen LogP contribution in [-0.4, -0.2) is 39.0 Å². The van der Waals surface area contributed by atoms with Gasteiger partial charge in [0.1, 0.15) is 0 Å². The van der Waals surface area contributed by atoms with Crippen molar-refractivity contribution in [3.8, 4) is 0 Å². The second-order valence-corrected chi connectivity index (χ2v) is 9.30. The van der Waals surface area contributed by atoms with Gasteiger partial charge in [-0.3, -0.25) is 10.1 Å². The topological polar surface area (TPSA) is 81.4 Å². The fourth-order valence-electron chi connectivity index (χ4n) is 3.91. The summed E-state index contributed by atoms with van der Waals surface area (Å²) in [5.74, 6) is -1.82. The molecule has 2 aromatic carbocycles. The molecule has 0 bridgehead atoms. The molecular formula is C23H17Cl2F6N5O2. The first-order valence-corrected chi connectivity index (χ1v) is 11.5. The number of amides is 1. The normalized spacial score (nSPS) is 18.3. The van der Waals surface area contributed by atoms with Gasteiger partial charge in [0.2, 0.25) is 12.1 Å². The predicted octanol–water partition coefficient (Wildman–Crippen LogP) is 6.54. The van der Waals surface area contributed by atoms with Gasteiger partial charge in [-0.15, -0.1) is 5.10 Å². The summed E-state index contributed by atoms with van der Waals surface area (Å²) in [5.41, 5.74) is -2.50. The molecule has 7 nitrogen and oxygen atoms in total. The Labute approximate surface area is 221 Å². The molecule has 2 unspecified atom stereocenters. The van der Waals surface area contributed by atoms with Gasteiger partial charge in [0, 0.05) is 34.6 Å². The molecule has 3 aromatic rings. The van der Waals surface area contributed by atoms with Crippen molar-refractivity contribution < 1.29 is 36.0 Å². The first-order valence-electron chi connectivity index (χ1n) is 10.8. The number of aryl methyl sites for hydroxylation is 2. The molecule has 0 radical (unpaired) electrons. The van der Waals surface area contributed by atoms with Crippen molar-refractivity contribution in [3.05, 3.63) is 74.5 Å². The number of benzene rings is 2. The Morgan fingerprint density at radius 2 is 1.79 bits per heavy atom. The minimum absolute atomic E-state index is 0.00913. The Morgan fingerprint density at radius 1 is 1.13 bits per heavy atom. The number of oxime groups is 1. The molecule has 0 spiro atoms. The van der Waals surface area contributed by atoms with E-state index in [0.29, 0.717) is 5.56 Å². The van der Waals surface area contributed by atoms with Crippen molar-refractivity contribution in [2.75, 3.05) is 5.32 Å². The van der Waals surface area contributed by atoms with Crippen LogP contribution in [0.15, 0.2) is 41.6 Å². The highest BCUT2D eigenvalue weighted by Gasteiger charge is 2.62. The van der Waals surface area contributed by atoms with Gasteiger partial charge in [-0.25, -0.2) is 17.9 Å². The first kappa shape index (κ1) is 27.7. The Bertz CT molecular complexity index is 1410. The fraction of sp³-hybridized carbons (Fsp3) is 0.304. The van der Waals surface area contributed by atoms with Crippen LogP contribution in [0.25, 0.3) is 0 Å². The number of nitrogens with zero attached hydrogens (tertiary/aromatic N) is 4. The summed E-state index contributed by atoms with van der Waals surface area (Å²) >= 11 is 11.8. The van der Waals surface area contributed by atoms with Crippen molar-refractivity contribution in [2.45, 2.75) is 37.7 Å². The number of halogens is 8. The standard InChI is InChI=1S/C23H17Cl2F6N5O2/c1-10-5-11(3-4-15(10)20(37)33-21-32-19(36(2)34-21)17(26)18(27)28)16-9-22(38-35-16,23(29,30)31)12-6-13(24)8-14(25)7-12/h3-8,17-18H,9H2,1-2H3,(H,33,34,37). The highest BCUT2D eigenvalue weighted by Crippen LogP contribution is 2.49. The van der Waals surface area contributed by atoms with Crippen LogP contribution >= 0.6 is 23.2 Å². The van der Waals surface area contributed by atoms with E-state index in [1.165, 1.54) is 38.2 Å². The quantitative estimate of drug-likeness (QED) is 0.336.